The normalized spacial score (nSPS) is 13.1. The van der Waals surface area contributed by atoms with E-state index in [1.807, 2.05) is 18.2 Å². The van der Waals surface area contributed by atoms with Gasteiger partial charge in [0.15, 0.2) is 0 Å². The highest BCUT2D eigenvalue weighted by Crippen LogP contribution is 2.40. The summed E-state index contributed by atoms with van der Waals surface area (Å²) in [5.41, 5.74) is 2.39. The first-order valence-corrected chi connectivity index (χ1v) is 5.69. The number of benzene rings is 2. The van der Waals surface area contributed by atoms with Gasteiger partial charge in [-0.05, 0) is 29.7 Å². The predicted octanol–water partition coefficient (Wildman–Crippen LogP) is 3.88. The molecule has 0 aromatic heterocycles. The molecule has 0 unspecified atom stereocenters. The van der Waals surface area contributed by atoms with Crippen LogP contribution in [-0.2, 0) is 6.42 Å². The zero-order valence-corrected chi connectivity index (χ0v) is 8.85. The third kappa shape index (κ3) is 1.45. The summed E-state index contributed by atoms with van der Waals surface area (Å²) in [7, 11) is 0. The monoisotopic (exact) mass is 216 g/mol. The summed E-state index contributed by atoms with van der Waals surface area (Å²) in [6.45, 7) is 0. The molecule has 0 nitrogen and oxygen atoms in total. The SMILES string of the molecule is Fc1cccc2c1Sc1ccccc1C2. The third-order valence-corrected chi connectivity index (χ3v) is 3.89. The molecule has 1 aliphatic rings. The molecule has 3 rings (SSSR count). The van der Waals surface area contributed by atoms with Crippen molar-refractivity contribution in [2.45, 2.75) is 16.2 Å². The van der Waals surface area contributed by atoms with E-state index in [0.29, 0.717) is 0 Å². The van der Waals surface area contributed by atoms with E-state index in [4.69, 9.17) is 0 Å². The zero-order valence-electron chi connectivity index (χ0n) is 8.03. The quantitative estimate of drug-likeness (QED) is 0.549. The summed E-state index contributed by atoms with van der Waals surface area (Å²) in [6, 6.07) is 13.5. The zero-order chi connectivity index (χ0) is 10.3. The number of hydrogen-bond donors (Lipinski definition) is 0. The first-order chi connectivity index (χ1) is 7.34. The van der Waals surface area contributed by atoms with Crippen molar-refractivity contribution in [3.8, 4) is 0 Å². The summed E-state index contributed by atoms with van der Waals surface area (Å²) in [4.78, 5) is 1.96. The molecule has 0 radical (unpaired) electrons. The van der Waals surface area contributed by atoms with Crippen LogP contribution in [0.1, 0.15) is 11.1 Å². The van der Waals surface area contributed by atoms with E-state index < -0.39 is 0 Å². The molecule has 2 aromatic carbocycles. The highest BCUT2D eigenvalue weighted by atomic mass is 32.2. The Labute approximate surface area is 92.1 Å². The number of rotatable bonds is 0. The summed E-state index contributed by atoms with van der Waals surface area (Å²) in [6.07, 6.45) is 0.844. The van der Waals surface area contributed by atoms with Gasteiger partial charge in [0.2, 0.25) is 0 Å². The summed E-state index contributed by atoms with van der Waals surface area (Å²) in [5, 5.41) is 0. The Bertz CT molecular complexity index is 520. The minimum absolute atomic E-state index is 0.105. The van der Waals surface area contributed by atoms with E-state index in [-0.39, 0.29) is 5.82 Å². The second kappa shape index (κ2) is 3.38. The van der Waals surface area contributed by atoms with Crippen molar-refractivity contribution in [3.63, 3.8) is 0 Å². The van der Waals surface area contributed by atoms with Crippen LogP contribution in [0.15, 0.2) is 52.3 Å². The van der Waals surface area contributed by atoms with E-state index >= 15 is 0 Å². The molecule has 0 atom stereocenters. The van der Waals surface area contributed by atoms with Crippen molar-refractivity contribution < 1.29 is 4.39 Å². The molecule has 15 heavy (non-hydrogen) atoms. The molecule has 1 aliphatic heterocycles. The standard InChI is InChI=1S/C13H9FS/c14-11-6-3-5-10-8-9-4-1-2-7-12(9)15-13(10)11/h1-7H,8H2. The van der Waals surface area contributed by atoms with Crippen LogP contribution in [0.25, 0.3) is 0 Å². The maximum Gasteiger partial charge on any atom is 0.137 e. The van der Waals surface area contributed by atoms with Gasteiger partial charge in [0, 0.05) is 4.90 Å². The van der Waals surface area contributed by atoms with Crippen LogP contribution in [-0.4, -0.2) is 0 Å². The topological polar surface area (TPSA) is 0 Å². The lowest BCUT2D eigenvalue weighted by Gasteiger charge is -2.18. The van der Waals surface area contributed by atoms with Crippen LogP contribution >= 0.6 is 11.8 Å². The molecule has 0 amide bonds. The molecule has 0 spiro atoms. The molecule has 1 heterocycles. The minimum atomic E-state index is -0.105. The van der Waals surface area contributed by atoms with Gasteiger partial charge in [-0.3, -0.25) is 0 Å². The van der Waals surface area contributed by atoms with Gasteiger partial charge in [0.1, 0.15) is 5.82 Å². The lowest BCUT2D eigenvalue weighted by Crippen LogP contribution is -2.00. The molecule has 2 aromatic rings. The minimum Gasteiger partial charge on any atom is -0.206 e. The van der Waals surface area contributed by atoms with Gasteiger partial charge in [0.05, 0.1) is 4.90 Å². The van der Waals surface area contributed by atoms with Crippen LogP contribution in [0.3, 0.4) is 0 Å². The Morgan fingerprint density at radius 3 is 2.67 bits per heavy atom. The van der Waals surface area contributed by atoms with Gasteiger partial charge < -0.3 is 0 Å². The van der Waals surface area contributed by atoms with Crippen molar-refractivity contribution in [3.05, 3.63) is 59.4 Å². The molecule has 0 aliphatic carbocycles. The first kappa shape index (κ1) is 8.98. The van der Waals surface area contributed by atoms with Gasteiger partial charge in [-0.25, -0.2) is 4.39 Å². The second-order valence-corrected chi connectivity index (χ2v) is 4.67. The third-order valence-electron chi connectivity index (χ3n) is 2.61. The average molecular weight is 216 g/mol. The smallest absolute Gasteiger partial charge is 0.137 e. The lowest BCUT2D eigenvalue weighted by atomic mass is 10.0. The van der Waals surface area contributed by atoms with Crippen LogP contribution in [0.2, 0.25) is 0 Å². The van der Waals surface area contributed by atoms with Crippen LogP contribution in [0.5, 0.6) is 0 Å². The van der Waals surface area contributed by atoms with Gasteiger partial charge >= 0.3 is 0 Å². The van der Waals surface area contributed by atoms with Gasteiger partial charge in [-0.15, -0.1) is 0 Å². The molecule has 0 saturated heterocycles. The van der Waals surface area contributed by atoms with E-state index in [0.717, 1.165) is 16.9 Å². The van der Waals surface area contributed by atoms with Crippen LogP contribution in [0.4, 0.5) is 4.39 Å². The van der Waals surface area contributed by atoms with Gasteiger partial charge in [0.25, 0.3) is 0 Å². The summed E-state index contributed by atoms with van der Waals surface area (Å²) in [5.74, 6) is -0.105. The Balaban J connectivity index is 2.15. The molecule has 0 N–H and O–H groups in total. The van der Waals surface area contributed by atoms with Crippen molar-refractivity contribution in [2.75, 3.05) is 0 Å². The Kier molecular flexibility index (Phi) is 2.03. The molecule has 0 saturated carbocycles. The fourth-order valence-corrected chi connectivity index (χ4v) is 2.95. The number of fused-ring (bicyclic) bond motifs is 2. The molecule has 74 valence electrons. The summed E-state index contributed by atoms with van der Waals surface area (Å²) < 4.78 is 13.5. The Hall–Kier alpha value is -1.28. The van der Waals surface area contributed by atoms with Crippen molar-refractivity contribution in [1.29, 1.82) is 0 Å². The number of hydrogen-bond acceptors (Lipinski definition) is 1. The van der Waals surface area contributed by atoms with Gasteiger partial charge in [-0.2, -0.15) is 0 Å². The maximum absolute atomic E-state index is 13.5. The van der Waals surface area contributed by atoms with E-state index in [9.17, 15) is 4.39 Å². The molecule has 0 fully saturated rings. The van der Waals surface area contributed by atoms with Crippen molar-refractivity contribution >= 4 is 11.8 Å². The number of halogens is 1. The van der Waals surface area contributed by atoms with Gasteiger partial charge in [-0.1, -0.05) is 42.1 Å². The van der Waals surface area contributed by atoms with Crippen LogP contribution < -0.4 is 0 Å². The van der Waals surface area contributed by atoms with E-state index in [1.165, 1.54) is 28.3 Å². The first-order valence-electron chi connectivity index (χ1n) is 4.88. The van der Waals surface area contributed by atoms with E-state index in [1.54, 1.807) is 6.07 Å². The largest absolute Gasteiger partial charge is 0.206 e. The summed E-state index contributed by atoms with van der Waals surface area (Å²) >= 11 is 1.53. The maximum atomic E-state index is 13.5. The van der Waals surface area contributed by atoms with E-state index in [2.05, 4.69) is 12.1 Å². The predicted molar refractivity (Wildman–Crippen MR) is 59.8 cm³/mol. The molecule has 2 heteroatoms. The fraction of sp³-hybridized carbons (Fsp3) is 0.0769. The lowest BCUT2D eigenvalue weighted by molar-refractivity contribution is 0.597. The van der Waals surface area contributed by atoms with Crippen molar-refractivity contribution in [1.82, 2.24) is 0 Å². The van der Waals surface area contributed by atoms with Crippen LogP contribution in [0, 0.1) is 5.82 Å². The Morgan fingerprint density at radius 1 is 0.933 bits per heavy atom. The van der Waals surface area contributed by atoms with Crippen molar-refractivity contribution in [2.24, 2.45) is 0 Å². The Morgan fingerprint density at radius 2 is 1.73 bits per heavy atom. The second-order valence-electron chi connectivity index (χ2n) is 3.61. The molecule has 0 bridgehead atoms. The fourth-order valence-electron chi connectivity index (χ4n) is 1.87. The molecular weight excluding hydrogens is 207 g/mol. The average Bonchev–Trinajstić information content (AvgIpc) is 2.27. The highest BCUT2D eigenvalue weighted by molar-refractivity contribution is 7.99. The highest BCUT2D eigenvalue weighted by Gasteiger charge is 2.17. The molecular formula is C13H9FS.